The van der Waals surface area contributed by atoms with Crippen LogP contribution in [0, 0.1) is 0 Å². The molecule has 1 aliphatic heterocycles. The van der Waals surface area contributed by atoms with Crippen LogP contribution in [-0.4, -0.2) is 18.3 Å². The number of aliphatic imine (C=N–C) groups is 1. The van der Waals surface area contributed by atoms with Gasteiger partial charge in [-0.1, -0.05) is 12.1 Å². The van der Waals surface area contributed by atoms with Crippen LogP contribution >= 0.6 is 0 Å². The van der Waals surface area contributed by atoms with E-state index in [4.69, 9.17) is 10.5 Å². The second-order valence-corrected chi connectivity index (χ2v) is 3.41. The third-order valence-electron chi connectivity index (χ3n) is 2.08. The fourth-order valence-corrected chi connectivity index (χ4v) is 1.45. The number of alkyl halides is 3. The van der Waals surface area contributed by atoms with Gasteiger partial charge in [0.2, 0.25) is 6.10 Å². The molecule has 1 aliphatic rings. The third-order valence-corrected chi connectivity index (χ3v) is 2.08. The van der Waals surface area contributed by atoms with Crippen molar-refractivity contribution in [3.63, 3.8) is 0 Å². The molecule has 1 amide bonds. The number of nitrogens with zero attached hydrogens (tertiary/aromatic N) is 1. The molecule has 5 nitrogen and oxygen atoms in total. The Morgan fingerprint density at radius 1 is 1.39 bits per heavy atom. The molecule has 0 fully saturated rings. The van der Waals surface area contributed by atoms with Crippen LogP contribution in [0.1, 0.15) is 11.7 Å². The van der Waals surface area contributed by atoms with Crippen LogP contribution in [0.15, 0.2) is 29.3 Å². The monoisotopic (exact) mass is 260 g/mol. The lowest BCUT2D eigenvalue weighted by Gasteiger charge is -2.12. The maximum Gasteiger partial charge on any atom is 0.573 e. The molecule has 96 valence electrons. The van der Waals surface area contributed by atoms with E-state index >= 15 is 0 Å². The van der Waals surface area contributed by atoms with Crippen molar-refractivity contribution in [3.05, 3.63) is 29.8 Å². The molecule has 2 N–H and O–H groups in total. The average Bonchev–Trinajstić information content (AvgIpc) is 2.55. The van der Waals surface area contributed by atoms with Crippen LogP contribution in [-0.2, 0) is 9.53 Å². The number of hydrogen-bond acceptors (Lipinski definition) is 4. The van der Waals surface area contributed by atoms with Crippen molar-refractivity contribution in [2.75, 3.05) is 0 Å². The van der Waals surface area contributed by atoms with Gasteiger partial charge in [-0.2, -0.15) is 4.99 Å². The van der Waals surface area contributed by atoms with Crippen LogP contribution in [0.5, 0.6) is 5.75 Å². The minimum Gasteiger partial charge on any atom is -0.447 e. The lowest BCUT2D eigenvalue weighted by Crippen LogP contribution is -2.18. The van der Waals surface area contributed by atoms with Gasteiger partial charge in [-0.25, -0.2) is 0 Å². The van der Waals surface area contributed by atoms with Crippen molar-refractivity contribution in [3.8, 4) is 5.75 Å². The topological polar surface area (TPSA) is 73.9 Å². The maximum atomic E-state index is 12.0. The highest BCUT2D eigenvalue weighted by atomic mass is 19.4. The Morgan fingerprint density at radius 3 is 2.67 bits per heavy atom. The smallest absolute Gasteiger partial charge is 0.447 e. The summed E-state index contributed by atoms with van der Waals surface area (Å²) in [6.07, 6.45) is -5.92. The number of amidine groups is 1. The highest BCUT2D eigenvalue weighted by Gasteiger charge is 2.33. The SMILES string of the molecule is NC1=NC(=O)C(c2cccc(OC(F)(F)F)c2)O1. The fourth-order valence-electron chi connectivity index (χ4n) is 1.45. The Balaban J connectivity index is 2.21. The summed E-state index contributed by atoms with van der Waals surface area (Å²) in [5.74, 6) is -1.11. The zero-order valence-electron chi connectivity index (χ0n) is 8.77. The van der Waals surface area contributed by atoms with Crippen molar-refractivity contribution in [1.29, 1.82) is 0 Å². The first kappa shape index (κ1) is 12.2. The zero-order chi connectivity index (χ0) is 13.3. The molecule has 0 bridgehead atoms. The molecule has 0 radical (unpaired) electrons. The number of nitrogens with two attached hydrogens (primary N) is 1. The number of carbonyl (C=O) groups is 1. The van der Waals surface area contributed by atoms with Crippen LogP contribution < -0.4 is 10.5 Å². The van der Waals surface area contributed by atoms with Gasteiger partial charge >= 0.3 is 6.36 Å². The molecule has 2 rings (SSSR count). The van der Waals surface area contributed by atoms with Crippen LogP contribution in [0.2, 0.25) is 0 Å². The molecule has 0 spiro atoms. The van der Waals surface area contributed by atoms with E-state index in [-0.39, 0.29) is 11.6 Å². The number of rotatable bonds is 2. The Kier molecular flexibility index (Phi) is 2.85. The summed E-state index contributed by atoms with van der Waals surface area (Å²) in [5.41, 5.74) is 5.37. The standard InChI is InChI=1S/C10H7F3N2O3/c11-10(12,13)18-6-3-1-2-5(4-6)7-8(16)15-9(14)17-7/h1-4,7H,(H2,14,15,16). The molecule has 0 saturated carbocycles. The number of benzene rings is 1. The summed E-state index contributed by atoms with van der Waals surface area (Å²) in [5, 5.41) is 0. The maximum absolute atomic E-state index is 12.0. The molecule has 0 saturated heterocycles. The quantitative estimate of drug-likeness (QED) is 0.874. The summed E-state index contributed by atoms with van der Waals surface area (Å²) < 4.78 is 44.7. The van der Waals surface area contributed by atoms with Gasteiger partial charge in [0.1, 0.15) is 5.75 Å². The van der Waals surface area contributed by atoms with Crippen LogP contribution in [0.25, 0.3) is 0 Å². The first-order valence-electron chi connectivity index (χ1n) is 4.75. The van der Waals surface area contributed by atoms with E-state index in [1.54, 1.807) is 0 Å². The number of amides is 1. The summed E-state index contributed by atoms with van der Waals surface area (Å²) in [7, 11) is 0. The van der Waals surface area contributed by atoms with Gasteiger partial charge in [0, 0.05) is 5.56 Å². The van der Waals surface area contributed by atoms with Crippen LogP contribution in [0.4, 0.5) is 13.2 Å². The fraction of sp³-hybridized carbons (Fsp3) is 0.200. The summed E-state index contributed by atoms with van der Waals surface area (Å²) in [6, 6.07) is 4.57. The number of carbonyl (C=O) groups excluding carboxylic acids is 1. The molecule has 1 atom stereocenters. The molecule has 8 heteroatoms. The number of hydrogen-bond donors (Lipinski definition) is 1. The molecule has 0 aliphatic carbocycles. The molecule has 1 aromatic carbocycles. The first-order valence-corrected chi connectivity index (χ1v) is 4.75. The Labute approximate surface area is 99.0 Å². The van der Waals surface area contributed by atoms with Gasteiger partial charge in [-0.15, -0.1) is 13.2 Å². The Hall–Kier alpha value is -2.25. The van der Waals surface area contributed by atoms with E-state index in [1.807, 2.05) is 0 Å². The van der Waals surface area contributed by atoms with Crippen molar-refractivity contribution in [2.24, 2.45) is 10.7 Å². The summed E-state index contributed by atoms with van der Waals surface area (Å²) in [4.78, 5) is 14.6. The van der Waals surface area contributed by atoms with Crippen LogP contribution in [0.3, 0.4) is 0 Å². The van der Waals surface area contributed by atoms with Crippen molar-refractivity contribution >= 4 is 11.9 Å². The predicted molar refractivity (Wildman–Crippen MR) is 53.6 cm³/mol. The Bertz CT molecular complexity index is 513. The second-order valence-electron chi connectivity index (χ2n) is 3.41. The highest BCUT2D eigenvalue weighted by Crippen LogP contribution is 2.29. The molecule has 1 aromatic rings. The highest BCUT2D eigenvalue weighted by molar-refractivity contribution is 5.98. The minimum absolute atomic E-state index is 0.186. The molecule has 0 aromatic heterocycles. The second kappa shape index (κ2) is 4.21. The van der Waals surface area contributed by atoms with Crippen molar-refractivity contribution in [2.45, 2.75) is 12.5 Å². The van der Waals surface area contributed by atoms with E-state index in [0.29, 0.717) is 0 Å². The Morgan fingerprint density at radius 2 is 2.11 bits per heavy atom. The van der Waals surface area contributed by atoms with Gasteiger partial charge in [0.05, 0.1) is 0 Å². The van der Waals surface area contributed by atoms with E-state index in [2.05, 4.69) is 9.73 Å². The van der Waals surface area contributed by atoms with Crippen molar-refractivity contribution < 1.29 is 27.4 Å². The van der Waals surface area contributed by atoms with E-state index in [1.165, 1.54) is 12.1 Å². The molecular formula is C10H7F3N2O3. The molecule has 1 heterocycles. The molecule has 18 heavy (non-hydrogen) atoms. The molecular weight excluding hydrogens is 253 g/mol. The van der Waals surface area contributed by atoms with Gasteiger partial charge in [-0.05, 0) is 12.1 Å². The molecule has 1 unspecified atom stereocenters. The lowest BCUT2D eigenvalue weighted by atomic mass is 10.1. The van der Waals surface area contributed by atoms with Crippen molar-refractivity contribution in [1.82, 2.24) is 0 Å². The van der Waals surface area contributed by atoms with E-state index < -0.39 is 24.1 Å². The van der Waals surface area contributed by atoms with Gasteiger partial charge in [0.25, 0.3) is 11.9 Å². The third kappa shape index (κ3) is 2.70. The van der Waals surface area contributed by atoms with E-state index in [0.717, 1.165) is 12.1 Å². The first-order chi connectivity index (χ1) is 8.35. The number of halogens is 3. The average molecular weight is 260 g/mol. The lowest BCUT2D eigenvalue weighted by molar-refractivity contribution is -0.274. The largest absolute Gasteiger partial charge is 0.573 e. The zero-order valence-corrected chi connectivity index (χ0v) is 8.77. The predicted octanol–water partition coefficient (Wildman–Crippen LogP) is 1.50. The number of ether oxygens (including phenoxy) is 2. The summed E-state index contributed by atoms with van der Waals surface area (Å²) in [6.45, 7) is 0. The van der Waals surface area contributed by atoms with Gasteiger partial charge in [-0.3, -0.25) is 4.79 Å². The van der Waals surface area contributed by atoms with E-state index in [9.17, 15) is 18.0 Å². The van der Waals surface area contributed by atoms with Gasteiger partial charge in [0.15, 0.2) is 0 Å². The normalized spacial score (nSPS) is 19.4. The summed E-state index contributed by atoms with van der Waals surface area (Å²) >= 11 is 0. The van der Waals surface area contributed by atoms with Gasteiger partial charge < -0.3 is 15.2 Å². The minimum atomic E-state index is -4.80.